The Hall–Kier alpha value is -0.850. The van der Waals surface area contributed by atoms with Gasteiger partial charge >= 0.3 is 0 Å². The average molecular weight is 307 g/mol. The largest absolute Gasteiger partial charge is 0.396 e. The van der Waals surface area contributed by atoms with Crippen LogP contribution in [0.2, 0.25) is 5.02 Å². The van der Waals surface area contributed by atoms with Gasteiger partial charge in [0.2, 0.25) is 10.0 Å². The van der Waals surface area contributed by atoms with Gasteiger partial charge in [0.15, 0.2) is 0 Å². The number of benzene rings is 1. The van der Waals surface area contributed by atoms with E-state index in [1.165, 1.54) is 0 Å². The SMILES string of the molecule is Nc1cc(S(=O)(=O)NC2CCCCC2)c(Cl)cc1F. The Kier molecular flexibility index (Phi) is 4.32. The van der Waals surface area contributed by atoms with Gasteiger partial charge in [-0.25, -0.2) is 17.5 Å². The summed E-state index contributed by atoms with van der Waals surface area (Å²) in [6.45, 7) is 0. The highest BCUT2D eigenvalue weighted by Gasteiger charge is 2.24. The second-order valence-corrected chi connectivity index (χ2v) is 6.85. The molecule has 0 aliphatic heterocycles. The lowest BCUT2D eigenvalue weighted by Crippen LogP contribution is -2.36. The lowest BCUT2D eigenvalue weighted by molar-refractivity contribution is 0.412. The Morgan fingerprint density at radius 1 is 1.26 bits per heavy atom. The first-order valence-corrected chi connectivity index (χ1v) is 8.03. The van der Waals surface area contributed by atoms with Crippen LogP contribution in [0.1, 0.15) is 32.1 Å². The molecule has 4 nitrogen and oxygen atoms in total. The molecule has 2 rings (SSSR count). The van der Waals surface area contributed by atoms with Crippen molar-refractivity contribution in [3.63, 3.8) is 0 Å². The third kappa shape index (κ3) is 3.38. The van der Waals surface area contributed by atoms with Crippen LogP contribution in [-0.4, -0.2) is 14.5 Å². The van der Waals surface area contributed by atoms with E-state index in [2.05, 4.69) is 4.72 Å². The second-order valence-electron chi connectivity index (χ2n) is 4.76. The van der Waals surface area contributed by atoms with Gasteiger partial charge in [0, 0.05) is 6.04 Å². The molecular weight excluding hydrogens is 291 g/mol. The first kappa shape index (κ1) is 14.6. The molecule has 19 heavy (non-hydrogen) atoms. The van der Waals surface area contributed by atoms with Gasteiger partial charge in [-0.1, -0.05) is 30.9 Å². The summed E-state index contributed by atoms with van der Waals surface area (Å²) in [4.78, 5) is -0.168. The zero-order valence-electron chi connectivity index (χ0n) is 10.3. The van der Waals surface area contributed by atoms with Gasteiger partial charge in [0.05, 0.1) is 10.7 Å². The molecule has 1 aromatic rings. The van der Waals surface area contributed by atoms with Crippen molar-refractivity contribution in [1.29, 1.82) is 0 Å². The number of nitrogens with one attached hydrogen (secondary N) is 1. The molecule has 0 aromatic heterocycles. The van der Waals surface area contributed by atoms with Gasteiger partial charge in [-0.05, 0) is 25.0 Å². The van der Waals surface area contributed by atoms with Crippen molar-refractivity contribution in [2.24, 2.45) is 0 Å². The monoisotopic (exact) mass is 306 g/mol. The number of rotatable bonds is 3. The molecule has 0 saturated heterocycles. The van der Waals surface area contributed by atoms with Crippen LogP contribution in [0.3, 0.4) is 0 Å². The summed E-state index contributed by atoms with van der Waals surface area (Å²) in [6.07, 6.45) is 4.77. The minimum absolute atomic E-state index is 0.0823. The quantitative estimate of drug-likeness (QED) is 0.843. The van der Waals surface area contributed by atoms with Crippen molar-refractivity contribution in [2.45, 2.75) is 43.0 Å². The number of hydrogen-bond acceptors (Lipinski definition) is 3. The van der Waals surface area contributed by atoms with E-state index in [1.807, 2.05) is 0 Å². The highest BCUT2D eigenvalue weighted by Crippen LogP contribution is 2.27. The summed E-state index contributed by atoms with van der Waals surface area (Å²) in [5.74, 6) is -0.721. The zero-order valence-corrected chi connectivity index (χ0v) is 11.9. The van der Waals surface area contributed by atoms with E-state index >= 15 is 0 Å². The van der Waals surface area contributed by atoms with E-state index in [4.69, 9.17) is 17.3 Å². The average Bonchev–Trinajstić information content (AvgIpc) is 2.34. The fourth-order valence-corrected chi connectivity index (χ4v) is 4.11. The Morgan fingerprint density at radius 3 is 2.53 bits per heavy atom. The maximum Gasteiger partial charge on any atom is 0.242 e. The first-order valence-electron chi connectivity index (χ1n) is 6.17. The van der Waals surface area contributed by atoms with Crippen molar-refractivity contribution < 1.29 is 12.8 Å². The molecule has 1 aliphatic rings. The maximum atomic E-state index is 13.2. The molecule has 1 aromatic carbocycles. The second kappa shape index (κ2) is 5.64. The third-order valence-corrected chi connectivity index (χ3v) is 5.25. The fourth-order valence-electron chi connectivity index (χ4n) is 2.25. The highest BCUT2D eigenvalue weighted by molar-refractivity contribution is 7.89. The summed E-state index contributed by atoms with van der Waals surface area (Å²) in [5.41, 5.74) is 5.17. The Balaban J connectivity index is 2.26. The van der Waals surface area contributed by atoms with Crippen LogP contribution in [-0.2, 0) is 10.0 Å². The van der Waals surface area contributed by atoms with Crippen LogP contribution < -0.4 is 10.5 Å². The summed E-state index contributed by atoms with van der Waals surface area (Å²) < 4.78 is 40.2. The van der Waals surface area contributed by atoms with Crippen molar-refractivity contribution in [3.05, 3.63) is 23.0 Å². The van der Waals surface area contributed by atoms with Gasteiger partial charge in [0.25, 0.3) is 0 Å². The molecule has 1 fully saturated rings. The van der Waals surface area contributed by atoms with Gasteiger partial charge < -0.3 is 5.73 Å². The first-order chi connectivity index (χ1) is 8.90. The molecule has 0 atom stereocenters. The molecule has 106 valence electrons. The smallest absolute Gasteiger partial charge is 0.242 e. The van der Waals surface area contributed by atoms with E-state index in [0.29, 0.717) is 0 Å². The molecule has 7 heteroatoms. The number of sulfonamides is 1. The molecule has 0 spiro atoms. The number of anilines is 1. The number of hydrogen-bond donors (Lipinski definition) is 2. The lowest BCUT2D eigenvalue weighted by atomic mass is 9.96. The van der Waals surface area contributed by atoms with Crippen LogP contribution >= 0.6 is 11.6 Å². The van der Waals surface area contributed by atoms with Gasteiger partial charge in [-0.15, -0.1) is 0 Å². The van der Waals surface area contributed by atoms with E-state index in [1.54, 1.807) is 0 Å². The predicted molar refractivity (Wildman–Crippen MR) is 73.0 cm³/mol. The Labute approximate surface area is 117 Å². The number of halogens is 2. The molecule has 0 bridgehead atoms. The zero-order chi connectivity index (χ0) is 14.0. The standard InChI is InChI=1S/C12H16ClFN2O2S/c13-9-6-10(14)11(15)7-12(9)19(17,18)16-8-4-2-1-3-5-8/h6-8,16H,1-5,15H2. The highest BCUT2D eigenvalue weighted by atomic mass is 35.5. The molecule has 1 aliphatic carbocycles. The number of nitrogen functional groups attached to an aromatic ring is 1. The number of nitrogens with two attached hydrogens (primary N) is 1. The van der Waals surface area contributed by atoms with Crippen LogP contribution in [0.15, 0.2) is 17.0 Å². The van der Waals surface area contributed by atoms with Gasteiger partial charge in [0.1, 0.15) is 10.7 Å². The molecule has 0 amide bonds. The van der Waals surface area contributed by atoms with Crippen LogP contribution in [0.25, 0.3) is 0 Å². The summed E-state index contributed by atoms with van der Waals surface area (Å²) >= 11 is 5.79. The third-order valence-electron chi connectivity index (χ3n) is 3.27. The molecule has 0 unspecified atom stereocenters. The molecule has 1 saturated carbocycles. The molecule has 0 radical (unpaired) electrons. The van der Waals surface area contributed by atoms with Gasteiger partial charge in [-0.2, -0.15) is 0 Å². The van der Waals surface area contributed by atoms with Gasteiger partial charge in [-0.3, -0.25) is 0 Å². The topological polar surface area (TPSA) is 72.2 Å². The van der Waals surface area contributed by atoms with Crippen molar-refractivity contribution in [3.8, 4) is 0 Å². The Morgan fingerprint density at radius 2 is 1.89 bits per heavy atom. The van der Waals surface area contributed by atoms with E-state index in [9.17, 15) is 12.8 Å². The lowest BCUT2D eigenvalue weighted by Gasteiger charge is -2.23. The predicted octanol–water partition coefficient (Wildman–Crippen LogP) is 2.67. The summed E-state index contributed by atoms with van der Waals surface area (Å²) in [5, 5.41) is -0.157. The van der Waals surface area contributed by atoms with Crippen molar-refractivity contribution in [2.75, 3.05) is 5.73 Å². The van der Waals surface area contributed by atoms with E-state index in [0.717, 1.165) is 44.2 Å². The summed E-state index contributed by atoms with van der Waals surface area (Å²) in [6, 6.07) is 1.90. The van der Waals surface area contributed by atoms with Crippen molar-refractivity contribution in [1.82, 2.24) is 4.72 Å². The van der Waals surface area contributed by atoms with E-state index in [-0.39, 0.29) is 21.6 Å². The maximum absolute atomic E-state index is 13.2. The molecule has 3 N–H and O–H groups in total. The normalized spacial score (nSPS) is 17.6. The summed E-state index contributed by atoms with van der Waals surface area (Å²) in [7, 11) is -3.76. The Bertz CT molecular complexity index is 571. The molecule has 0 heterocycles. The van der Waals surface area contributed by atoms with Crippen LogP contribution in [0.4, 0.5) is 10.1 Å². The van der Waals surface area contributed by atoms with Crippen LogP contribution in [0.5, 0.6) is 0 Å². The minimum atomic E-state index is -3.76. The van der Waals surface area contributed by atoms with Crippen LogP contribution in [0, 0.1) is 5.82 Å². The van der Waals surface area contributed by atoms with Crippen molar-refractivity contribution >= 4 is 27.3 Å². The minimum Gasteiger partial charge on any atom is -0.396 e. The van der Waals surface area contributed by atoms with E-state index < -0.39 is 15.8 Å². The fraction of sp³-hybridized carbons (Fsp3) is 0.500. The molecular formula is C12H16ClFN2O2S.